The normalized spacial score (nSPS) is 10.8. The lowest BCUT2D eigenvalue weighted by atomic mass is 9.98. The Morgan fingerprint density at radius 3 is 2.62 bits per heavy atom. The first kappa shape index (κ1) is 16.1. The molecule has 0 spiro atoms. The van der Waals surface area contributed by atoms with E-state index in [1.54, 1.807) is 12.5 Å². The van der Waals surface area contributed by atoms with Gasteiger partial charge in [0.25, 0.3) is 0 Å². The highest BCUT2D eigenvalue weighted by molar-refractivity contribution is 5.81. The van der Waals surface area contributed by atoms with E-state index in [-0.39, 0.29) is 0 Å². The van der Waals surface area contributed by atoms with Gasteiger partial charge in [-0.05, 0) is 43.5 Å². The van der Waals surface area contributed by atoms with E-state index in [2.05, 4.69) is 47.9 Å². The van der Waals surface area contributed by atoms with E-state index in [1.807, 2.05) is 29.3 Å². The van der Waals surface area contributed by atoms with Crippen molar-refractivity contribution in [3.8, 4) is 11.1 Å². The van der Waals surface area contributed by atoms with Crippen LogP contribution in [0, 0.1) is 13.8 Å². The molecule has 2 aromatic heterocycles. The van der Waals surface area contributed by atoms with Crippen molar-refractivity contribution < 1.29 is 0 Å². The monoisotopic (exact) mass is 321 g/mol. The minimum Gasteiger partial charge on any atom is -0.398 e. The van der Waals surface area contributed by atoms with E-state index < -0.39 is 0 Å². The van der Waals surface area contributed by atoms with Gasteiger partial charge < -0.3 is 5.73 Å². The van der Waals surface area contributed by atoms with Crippen molar-refractivity contribution in [2.24, 2.45) is 0 Å². The highest BCUT2D eigenvalue weighted by Gasteiger charge is 2.12. The zero-order chi connectivity index (χ0) is 17.1. The molecule has 0 fully saturated rings. The smallest absolute Gasteiger partial charge is 0.114 e. The topological polar surface area (TPSA) is 60.0 Å². The van der Waals surface area contributed by atoms with Gasteiger partial charge in [-0.25, -0.2) is 9.66 Å². The summed E-state index contributed by atoms with van der Waals surface area (Å²) < 4.78 is 1.98. The van der Waals surface area contributed by atoms with Crippen LogP contribution < -0.4 is 10.7 Å². The average Bonchev–Trinajstić information content (AvgIpc) is 3.10. The Bertz CT molecular complexity index is 824. The van der Waals surface area contributed by atoms with Crippen molar-refractivity contribution in [2.45, 2.75) is 27.2 Å². The molecule has 2 N–H and O–H groups in total. The number of nitrogens with two attached hydrogens (primary N) is 1. The van der Waals surface area contributed by atoms with Crippen LogP contribution in [0.3, 0.4) is 0 Å². The molecule has 0 saturated carbocycles. The first-order chi connectivity index (χ1) is 11.6. The number of hydrogen-bond donors (Lipinski definition) is 1. The van der Waals surface area contributed by atoms with E-state index >= 15 is 0 Å². The molecule has 0 saturated heterocycles. The Morgan fingerprint density at radius 2 is 1.96 bits per heavy atom. The molecule has 0 aliphatic rings. The van der Waals surface area contributed by atoms with Gasteiger partial charge in [0, 0.05) is 48.1 Å². The van der Waals surface area contributed by atoms with Crippen LogP contribution in [-0.4, -0.2) is 21.2 Å². The van der Waals surface area contributed by atoms with E-state index in [1.165, 1.54) is 11.1 Å². The molecule has 24 heavy (non-hydrogen) atoms. The van der Waals surface area contributed by atoms with Gasteiger partial charge in [0.1, 0.15) is 6.33 Å². The third-order valence-electron chi connectivity index (χ3n) is 4.30. The van der Waals surface area contributed by atoms with Crippen molar-refractivity contribution >= 4 is 11.4 Å². The summed E-state index contributed by atoms with van der Waals surface area (Å²) in [6.07, 6.45) is 10.3. The number of pyridine rings is 1. The molecule has 0 aliphatic heterocycles. The maximum Gasteiger partial charge on any atom is 0.114 e. The molecule has 0 amide bonds. The molecular weight excluding hydrogens is 298 g/mol. The first-order valence-electron chi connectivity index (χ1n) is 8.18. The number of benzene rings is 1. The summed E-state index contributed by atoms with van der Waals surface area (Å²) >= 11 is 0. The van der Waals surface area contributed by atoms with E-state index in [4.69, 9.17) is 5.73 Å². The van der Waals surface area contributed by atoms with Crippen LogP contribution in [0.15, 0.2) is 49.3 Å². The summed E-state index contributed by atoms with van der Waals surface area (Å²) in [5.74, 6) is 0. The standard InChI is InChI=1S/C19H23N5/c1-4-8-24(23-9-7-21-13-23)16-5-6-17(19(20)10-16)18-12-22-11-14(2)15(18)3/h5-7,9-13H,4,8,20H2,1-3H3. The third-order valence-corrected chi connectivity index (χ3v) is 4.30. The molecular formula is C19H23N5. The predicted octanol–water partition coefficient (Wildman–Crippen LogP) is 3.82. The van der Waals surface area contributed by atoms with Crippen LogP contribution in [0.2, 0.25) is 0 Å². The molecule has 0 unspecified atom stereocenters. The third kappa shape index (κ3) is 2.97. The fourth-order valence-corrected chi connectivity index (χ4v) is 2.84. The van der Waals surface area contributed by atoms with Gasteiger partial charge in [-0.2, -0.15) is 0 Å². The zero-order valence-electron chi connectivity index (χ0n) is 14.4. The lowest BCUT2D eigenvalue weighted by Crippen LogP contribution is -2.29. The maximum atomic E-state index is 6.38. The Labute approximate surface area is 142 Å². The number of nitrogen functional groups attached to an aromatic ring is 1. The van der Waals surface area contributed by atoms with Gasteiger partial charge in [0.15, 0.2) is 0 Å². The number of rotatable bonds is 5. The van der Waals surface area contributed by atoms with Crippen LogP contribution in [0.25, 0.3) is 11.1 Å². The predicted molar refractivity (Wildman–Crippen MR) is 98.8 cm³/mol. The Kier molecular flexibility index (Phi) is 4.51. The van der Waals surface area contributed by atoms with Crippen LogP contribution in [0.5, 0.6) is 0 Å². The number of imidazole rings is 1. The van der Waals surface area contributed by atoms with Crippen molar-refractivity contribution in [3.05, 3.63) is 60.4 Å². The second kappa shape index (κ2) is 6.74. The molecule has 3 aromatic rings. The van der Waals surface area contributed by atoms with Crippen molar-refractivity contribution in [2.75, 3.05) is 17.3 Å². The second-order valence-electron chi connectivity index (χ2n) is 5.97. The molecule has 0 bridgehead atoms. The van der Waals surface area contributed by atoms with Crippen LogP contribution >= 0.6 is 0 Å². The van der Waals surface area contributed by atoms with Gasteiger partial charge >= 0.3 is 0 Å². The lowest BCUT2D eigenvalue weighted by molar-refractivity contribution is 0.675. The number of aryl methyl sites for hydroxylation is 1. The summed E-state index contributed by atoms with van der Waals surface area (Å²) in [5, 5.41) is 2.16. The molecule has 5 heteroatoms. The van der Waals surface area contributed by atoms with Gasteiger partial charge in [-0.15, -0.1) is 0 Å². The number of aromatic nitrogens is 3. The molecule has 0 atom stereocenters. The lowest BCUT2D eigenvalue weighted by Gasteiger charge is -2.25. The van der Waals surface area contributed by atoms with Gasteiger partial charge in [0.2, 0.25) is 0 Å². The van der Waals surface area contributed by atoms with E-state index in [0.29, 0.717) is 0 Å². The summed E-state index contributed by atoms with van der Waals surface area (Å²) in [5.41, 5.74) is 12.7. The number of nitrogens with zero attached hydrogens (tertiary/aromatic N) is 4. The van der Waals surface area contributed by atoms with Gasteiger partial charge in [0.05, 0.1) is 5.69 Å². The minimum atomic E-state index is 0.754. The van der Waals surface area contributed by atoms with Crippen molar-refractivity contribution in [1.29, 1.82) is 0 Å². The Balaban J connectivity index is 2.02. The maximum absolute atomic E-state index is 6.38. The van der Waals surface area contributed by atoms with Crippen LogP contribution in [0.4, 0.5) is 11.4 Å². The van der Waals surface area contributed by atoms with E-state index in [9.17, 15) is 0 Å². The largest absolute Gasteiger partial charge is 0.398 e. The molecule has 5 nitrogen and oxygen atoms in total. The highest BCUT2D eigenvalue weighted by atomic mass is 15.5. The van der Waals surface area contributed by atoms with Crippen LogP contribution in [0.1, 0.15) is 24.5 Å². The average molecular weight is 321 g/mol. The fourth-order valence-electron chi connectivity index (χ4n) is 2.84. The molecule has 1 aromatic carbocycles. The summed E-state index contributed by atoms with van der Waals surface area (Å²) in [6.45, 7) is 7.22. The summed E-state index contributed by atoms with van der Waals surface area (Å²) in [6, 6.07) is 6.20. The van der Waals surface area contributed by atoms with E-state index in [0.717, 1.165) is 35.5 Å². The Hall–Kier alpha value is -2.82. The SMILES string of the molecule is CCCN(c1ccc(-c2cncc(C)c2C)c(N)c1)n1ccnc1. The van der Waals surface area contributed by atoms with Crippen molar-refractivity contribution in [3.63, 3.8) is 0 Å². The fraction of sp³-hybridized carbons (Fsp3) is 0.263. The zero-order valence-corrected chi connectivity index (χ0v) is 14.4. The molecule has 0 aliphatic carbocycles. The summed E-state index contributed by atoms with van der Waals surface area (Å²) in [4.78, 5) is 8.45. The number of hydrogen-bond acceptors (Lipinski definition) is 4. The quantitative estimate of drug-likeness (QED) is 0.726. The Morgan fingerprint density at radius 1 is 1.12 bits per heavy atom. The number of anilines is 2. The summed E-state index contributed by atoms with van der Waals surface area (Å²) in [7, 11) is 0. The molecule has 0 radical (unpaired) electrons. The van der Waals surface area contributed by atoms with Crippen molar-refractivity contribution in [1.82, 2.24) is 14.6 Å². The second-order valence-corrected chi connectivity index (χ2v) is 5.97. The molecule has 3 rings (SSSR count). The van der Waals surface area contributed by atoms with Gasteiger partial charge in [-0.3, -0.25) is 9.99 Å². The molecule has 124 valence electrons. The highest BCUT2D eigenvalue weighted by Crippen LogP contribution is 2.32. The molecule has 2 heterocycles. The van der Waals surface area contributed by atoms with Gasteiger partial charge in [-0.1, -0.05) is 13.0 Å². The minimum absolute atomic E-state index is 0.754. The first-order valence-corrected chi connectivity index (χ1v) is 8.18. The van der Waals surface area contributed by atoms with Crippen LogP contribution in [-0.2, 0) is 0 Å².